The van der Waals surface area contributed by atoms with Crippen molar-refractivity contribution in [2.45, 2.75) is 33.2 Å². The quantitative estimate of drug-likeness (QED) is 0.811. The molecule has 0 unspecified atom stereocenters. The van der Waals surface area contributed by atoms with Gasteiger partial charge < -0.3 is 9.84 Å². The van der Waals surface area contributed by atoms with Crippen molar-refractivity contribution in [3.63, 3.8) is 0 Å². The van der Waals surface area contributed by atoms with Crippen LogP contribution in [0.15, 0.2) is 28.8 Å². The number of nitrogens with zero attached hydrogens (tertiary/aromatic N) is 1. The van der Waals surface area contributed by atoms with Crippen molar-refractivity contribution >= 4 is 15.7 Å². The Bertz CT molecular complexity index is 732. The van der Waals surface area contributed by atoms with E-state index in [4.69, 9.17) is 4.52 Å². The van der Waals surface area contributed by atoms with Crippen molar-refractivity contribution in [2.24, 2.45) is 0 Å². The molecule has 0 aliphatic rings. The Labute approximate surface area is 137 Å². The van der Waals surface area contributed by atoms with Gasteiger partial charge in [-0.15, -0.1) is 0 Å². The maximum absolute atomic E-state index is 11.2. The fraction of sp³-hybridized carbons (Fsp3) is 0.438. The standard InChI is InChI=1S/C16H23N3O3S/c1-11(17-10-9-16-12(2)18-22-13(16)3)14-5-7-15(8-6-14)19-23(4,20)21/h5-8,11,17,19H,9-10H2,1-4H3/t11-/m0/s1. The highest BCUT2D eigenvalue weighted by molar-refractivity contribution is 7.92. The first-order valence-electron chi connectivity index (χ1n) is 7.49. The van der Waals surface area contributed by atoms with E-state index in [0.29, 0.717) is 5.69 Å². The first kappa shape index (κ1) is 17.5. The van der Waals surface area contributed by atoms with Gasteiger partial charge in [0, 0.05) is 17.3 Å². The number of rotatable bonds is 7. The fourth-order valence-electron chi connectivity index (χ4n) is 2.44. The summed E-state index contributed by atoms with van der Waals surface area (Å²) in [6.07, 6.45) is 2.00. The Morgan fingerprint density at radius 2 is 1.87 bits per heavy atom. The average Bonchev–Trinajstić information content (AvgIpc) is 2.78. The van der Waals surface area contributed by atoms with Gasteiger partial charge in [-0.05, 0) is 51.4 Å². The van der Waals surface area contributed by atoms with Gasteiger partial charge in [0.15, 0.2) is 0 Å². The fourth-order valence-corrected chi connectivity index (χ4v) is 3.01. The topological polar surface area (TPSA) is 84.2 Å². The highest BCUT2D eigenvalue weighted by Gasteiger charge is 2.10. The second-order valence-corrected chi connectivity index (χ2v) is 7.47. The first-order chi connectivity index (χ1) is 10.8. The molecule has 6 nitrogen and oxygen atoms in total. The van der Waals surface area contributed by atoms with Crippen LogP contribution in [-0.4, -0.2) is 26.4 Å². The highest BCUT2D eigenvalue weighted by Crippen LogP contribution is 2.17. The molecule has 0 saturated carbocycles. The van der Waals surface area contributed by atoms with Crippen molar-refractivity contribution in [1.29, 1.82) is 0 Å². The van der Waals surface area contributed by atoms with Crippen LogP contribution in [0.3, 0.4) is 0 Å². The minimum Gasteiger partial charge on any atom is -0.361 e. The molecule has 0 radical (unpaired) electrons. The van der Waals surface area contributed by atoms with Gasteiger partial charge in [0.2, 0.25) is 10.0 Å². The molecule has 7 heteroatoms. The van der Waals surface area contributed by atoms with Crippen LogP contribution in [-0.2, 0) is 16.4 Å². The van der Waals surface area contributed by atoms with Crippen molar-refractivity contribution in [2.75, 3.05) is 17.5 Å². The smallest absolute Gasteiger partial charge is 0.229 e. The zero-order chi connectivity index (χ0) is 17.0. The van der Waals surface area contributed by atoms with Crippen molar-refractivity contribution in [3.05, 3.63) is 46.8 Å². The summed E-state index contributed by atoms with van der Waals surface area (Å²) >= 11 is 0. The lowest BCUT2D eigenvalue weighted by Crippen LogP contribution is -2.21. The lowest BCUT2D eigenvalue weighted by Gasteiger charge is -2.15. The van der Waals surface area contributed by atoms with Gasteiger partial charge in [-0.3, -0.25) is 4.72 Å². The molecule has 0 fully saturated rings. The number of nitrogens with one attached hydrogen (secondary N) is 2. The maximum atomic E-state index is 11.2. The molecular weight excluding hydrogens is 314 g/mol. The van der Waals surface area contributed by atoms with Crippen LogP contribution in [0.2, 0.25) is 0 Å². The molecule has 0 spiro atoms. The number of aryl methyl sites for hydroxylation is 2. The van der Waals surface area contributed by atoms with Gasteiger partial charge in [0.05, 0.1) is 11.9 Å². The molecule has 1 heterocycles. The number of aromatic nitrogens is 1. The number of sulfonamides is 1. The summed E-state index contributed by atoms with van der Waals surface area (Å²) in [5, 5.41) is 7.40. The third-order valence-corrected chi connectivity index (χ3v) is 4.33. The third kappa shape index (κ3) is 5.07. The molecule has 0 aliphatic carbocycles. The van der Waals surface area contributed by atoms with E-state index >= 15 is 0 Å². The Balaban J connectivity index is 1.89. The van der Waals surface area contributed by atoms with E-state index in [1.54, 1.807) is 12.1 Å². The molecule has 2 N–H and O–H groups in total. The van der Waals surface area contributed by atoms with Gasteiger partial charge in [-0.25, -0.2) is 8.42 Å². The van der Waals surface area contributed by atoms with E-state index < -0.39 is 10.0 Å². The first-order valence-corrected chi connectivity index (χ1v) is 9.38. The third-order valence-electron chi connectivity index (χ3n) is 3.72. The summed E-state index contributed by atoms with van der Waals surface area (Å²) in [5.74, 6) is 0.869. The van der Waals surface area contributed by atoms with Crippen LogP contribution in [0.4, 0.5) is 5.69 Å². The van der Waals surface area contributed by atoms with Gasteiger partial charge in [0.1, 0.15) is 5.76 Å². The van der Waals surface area contributed by atoms with Crippen molar-refractivity contribution in [1.82, 2.24) is 10.5 Å². The summed E-state index contributed by atoms with van der Waals surface area (Å²) < 4.78 is 30.0. The maximum Gasteiger partial charge on any atom is 0.229 e. The average molecular weight is 337 g/mol. The normalized spacial score (nSPS) is 13.0. The molecule has 1 aromatic heterocycles. The molecule has 1 atom stereocenters. The SMILES string of the molecule is Cc1noc(C)c1CCN[C@@H](C)c1ccc(NS(C)(=O)=O)cc1. The molecule has 0 aliphatic heterocycles. The number of hydrogen-bond donors (Lipinski definition) is 2. The zero-order valence-corrected chi connectivity index (χ0v) is 14.7. The second-order valence-electron chi connectivity index (χ2n) is 5.72. The molecule has 0 bridgehead atoms. The van der Waals surface area contributed by atoms with E-state index in [1.165, 1.54) is 0 Å². The molecule has 2 aromatic rings. The summed E-state index contributed by atoms with van der Waals surface area (Å²) in [7, 11) is -3.24. The minimum absolute atomic E-state index is 0.169. The van der Waals surface area contributed by atoms with Crippen LogP contribution < -0.4 is 10.0 Å². The Hall–Kier alpha value is -1.86. The summed E-state index contributed by atoms with van der Waals surface area (Å²) in [6, 6.07) is 7.54. The largest absolute Gasteiger partial charge is 0.361 e. The zero-order valence-electron chi connectivity index (χ0n) is 13.9. The molecule has 2 rings (SSSR count). The Morgan fingerprint density at radius 3 is 2.39 bits per heavy atom. The number of anilines is 1. The summed E-state index contributed by atoms with van der Waals surface area (Å²) in [5.41, 5.74) is 3.76. The molecule has 1 aromatic carbocycles. The molecule has 23 heavy (non-hydrogen) atoms. The molecular formula is C16H23N3O3S. The van der Waals surface area contributed by atoms with Crippen LogP contribution in [0.1, 0.15) is 35.5 Å². The van der Waals surface area contributed by atoms with Gasteiger partial charge in [-0.1, -0.05) is 17.3 Å². The van der Waals surface area contributed by atoms with Crippen LogP contribution >= 0.6 is 0 Å². The Kier molecular flexibility index (Phi) is 5.43. The van der Waals surface area contributed by atoms with Crippen LogP contribution in [0, 0.1) is 13.8 Å². The van der Waals surface area contributed by atoms with E-state index in [0.717, 1.165) is 41.8 Å². The minimum atomic E-state index is -3.24. The summed E-state index contributed by atoms with van der Waals surface area (Å²) in [6.45, 7) is 6.76. The van der Waals surface area contributed by atoms with E-state index in [2.05, 4.69) is 22.1 Å². The summed E-state index contributed by atoms with van der Waals surface area (Å²) in [4.78, 5) is 0. The van der Waals surface area contributed by atoms with Crippen molar-refractivity contribution < 1.29 is 12.9 Å². The van der Waals surface area contributed by atoms with Gasteiger partial charge in [-0.2, -0.15) is 0 Å². The number of hydrogen-bond acceptors (Lipinski definition) is 5. The molecule has 126 valence electrons. The van der Waals surface area contributed by atoms with E-state index in [-0.39, 0.29) is 6.04 Å². The second kappa shape index (κ2) is 7.14. The van der Waals surface area contributed by atoms with Gasteiger partial charge >= 0.3 is 0 Å². The van der Waals surface area contributed by atoms with E-state index in [9.17, 15) is 8.42 Å². The van der Waals surface area contributed by atoms with E-state index in [1.807, 2.05) is 26.0 Å². The predicted molar refractivity (Wildman–Crippen MR) is 91.0 cm³/mol. The number of benzene rings is 1. The Morgan fingerprint density at radius 1 is 1.22 bits per heavy atom. The lowest BCUT2D eigenvalue weighted by atomic mass is 10.1. The lowest BCUT2D eigenvalue weighted by molar-refractivity contribution is 0.392. The van der Waals surface area contributed by atoms with Gasteiger partial charge in [0.25, 0.3) is 0 Å². The predicted octanol–water partition coefficient (Wildman–Crippen LogP) is 2.56. The molecule has 0 amide bonds. The van der Waals surface area contributed by atoms with Crippen molar-refractivity contribution in [3.8, 4) is 0 Å². The monoisotopic (exact) mass is 337 g/mol. The highest BCUT2D eigenvalue weighted by atomic mass is 32.2. The van der Waals surface area contributed by atoms with Crippen LogP contribution in [0.25, 0.3) is 0 Å². The molecule has 0 saturated heterocycles. The van der Waals surface area contributed by atoms with Crippen LogP contribution in [0.5, 0.6) is 0 Å².